The monoisotopic (exact) mass is 215 g/mol. The quantitative estimate of drug-likeness (QED) is 0.580. The number of aliphatic hydroxyl groups is 1. The van der Waals surface area contributed by atoms with Gasteiger partial charge in [-0.15, -0.1) is 0 Å². The maximum absolute atomic E-state index is 10.8. The van der Waals surface area contributed by atoms with Crippen molar-refractivity contribution in [3.8, 4) is 0 Å². The Morgan fingerprint density at radius 3 is 2.07 bits per heavy atom. The molecule has 0 saturated heterocycles. The third kappa shape index (κ3) is 7.37. The molecule has 1 atom stereocenters. The summed E-state index contributed by atoms with van der Waals surface area (Å²) in [6.07, 6.45) is 8.74. The summed E-state index contributed by atoms with van der Waals surface area (Å²) in [5, 5.41) is 9.56. The minimum Gasteiger partial charge on any atom is -0.380 e. The van der Waals surface area contributed by atoms with Gasteiger partial charge >= 0.3 is 0 Å². The number of hydrogen-bond donors (Lipinski definition) is 2. The maximum atomic E-state index is 10.8. The zero-order chi connectivity index (χ0) is 11.7. The number of carbonyl (C=O) groups is 1. The first kappa shape index (κ1) is 14.4. The number of primary amides is 1. The molecular weight excluding hydrogens is 190 g/mol. The first-order valence-corrected chi connectivity index (χ1v) is 6.03. The van der Waals surface area contributed by atoms with E-state index in [1.807, 2.05) is 0 Å². The van der Waals surface area contributed by atoms with Gasteiger partial charge in [-0.05, 0) is 13.3 Å². The number of rotatable bonds is 9. The van der Waals surface area contributed by atoms with Gasteiger partial charge in [-0.3, -0.25) is 4.79 Å². The van der Waals surface area contributed by atoms with Crippen LogP contribution < -0.4 is 5.73 Å². The highest BCUT2D eigenvalue weighted by molar-refractivity contribution is 5.82. The van der Waals surface area contributed by atoms with Gasteiger partial charge in [0.05, 0.1) is 0 Å². The Hall–Kier alpha value is -0.570. The van der Waals surface area contributed by atoms with Gasteiger partial charge < -0.3 is 10.8 Å². The topological polar surface area (TPSA) is 63.3 Å². The summed E-state index contributed by atoms with van der Waals surface area (Å²) in [7, 11) is 0. The lowest BCUT2D eigenvalue weighted by molar-refractivity contribution is -0.135. The molecule has 0 aromatic rings. The van der Waals surface area contributed by atoms with Crippen LogP contribution in [0.5, 0.6) is 0 Å². The van der Waals surface area contributed by atoms with Gasteiger partial charge in [0, 0.05) is 0 Å². The lowest BCUT2D eigenvalue weighted by Crippen LogP contribution is -2.40. The Kier molecular flexibility index (Phi) is 7.39. The second-order valence-corrected chi connectivity index (χ2v) is 4.51. The normalized spacial score (nSPS) is 14.9. The van der Waals surface area contributed by atoms with Gasteiger partial charge in [0.2, 0.25) is 5.91 Å². The Morgan fingerprint density at radius 2 is 1.60 bits per heavy atom. The van der Waals surface area contributed by atoms with Crippen molar-refractivity contribution in [3.05, 3.63) is 0 Å². The molecule has 0 aliphatic carbocycles. The summed E-state index contributed by atoms with van der Waals surface area (Å²) in [5.41, 5.74) is 3.75. The summed E-state index contributed by atoms with van der Waals surface area (Å²) in [4.78, 5) is 10.8. The fourth-order valence-corrected chi connectivity index (χ4v) is 1.55. The van der Waals surface area contributed by atoms with E-state index in [-0.39, 0.29) is 0 Å². The summed E-state index contributed by atoms with van der Waals surface area (Å²) >= 11 is 0. The molecule has 3 heteroatoms. The number of unbranched alkanes of at least 4 members (excludes halogenated alkanes) is 6. The van der Waals surface area contributed by atoms with Crippen molar-refractivity contribution < 1.29 is 9.90 Å². The summed E-state index contributed by atoms with van der Waals surface area (Å²) in [5.74, 6) is -0.617. The van der Waals surface area contributed by atoms with E-state index in [4.69, 9.17) is 5.73 Å². The number of hydrogen-bond acceptors (Lipinski definition) is 2. The van der Waals surface area contributed by atoms with E-state index in [0.29, 0.717) is 6.42 Å². The molecule has 0 unspecified atom stereocenters. The van der Waals surface area contributed by atoms with Gasteiger partial charge in [-0.2, -0.15) is 0 Å². The molecule has 90 valence electrons. The number of carbonyl (C=O) groups excluding carboxylic acids is 1. The van der Waals surface area contributed by atoms with Crippen molar-refractivity contribution >= 4 is 5.91 Å². The standard InChI is InChI=1S/C12H25NO2/c1-3-4-5-6-7-8-9-10-12(2,15)11(13)14/h15H,3-10H2,1-2H3,(H2,13,14)/t12-/m0/s1. The molecule has 1 amide bonds. The van der Waals surface area contributed by atoms with Crippen LogP contribution in [-0.4, -0.2) is 16.6 Å². The van der Waals surface area contributed by atoms with Crippen LogP contribution in [0.3, 0.4) is 0 Å². The molecule has 15 heavy (non-hydrogen) atoms. The highest BCUT2D eigenvalue weighted by Gasteiger charge is 2.26. The molecule has 0 aliphatic heterocycles. The molecule has 0 fully saturated rings. The van der Waals surface area contributed by atoms with Crippen molar-refractivity contribution in [3.63, 3.8) is 0 Å². The van der Waals surface area contributed by atoms with Gasteiger partial charge in [0.1, 0.15) is 5.60 Å². The molecule has 0 rings (SSSR count). The largest absolute Gasteiger partial charge is 0.380 e. The van der Waals surface area contributed by atoms with E-state index in [0.717, 1.165) is 12.8 Å². The second-order valence-electron chi connectivity index (χ2n) is 4.51. The van der Waals surface area contributed by atoms with Crippen LogP contribution in [0, 0.1) is 0 Å². The van der Waals surface area contributed by atoms with Crippen molar-refractivity contribution in [2.24, 2.45) is 5.73 Å². The van der Waals surface area contributed by atoms with E-state index in [2.05, 4.69) is 6.92 Å². The highest BCUT2D eigenvalue weighted by Crippen LogP contribution is 2.15. The Balaban J connectivity index is 3.35. The van der Waals surface area contributed by atoms with Crippen LogP contribution in [0.4, 0.5) is 0 Å². The zero-order valence-electron chi connectivity index (χ0n) is 10.1. The molecule has 0 aromatic carbocycles. The van der Waals surface area contributed by atoms with Crippen LogP contribution in [0.1, 0.15) is 65.2 Å². The van der Waals surface area contributed by atoms with Crippen LogP contribution >= 0.6 is 0 Å². The predicted octanol–water partition coefficient (Wildman–Crippen LogP) is 2.36. The second kappa shape index (κ2) is 7.69. The summed E-state index contributed by atoms with van der Waals surface area (Å²) in [6, 6.07) is 0. The van der Waals surface area contributed by atoms with E-state index in [1.165, 1.54) is 39.0 Å². The average molecular weight is 215 g/mol. The molecule has 3 N–H and O–H groups in total. The van der Waals surface area contributed by atoms with Gasteiger partial charge in [0.25, 0.3) is 0 Å². The fraction of sp³-hybridized carbons (Fsp3) is 0.917. The molecule has 0 aromatic heterocycles. The average Bonchev–Trinajstić information content (AvgIpc) is 2.16. The lowest BCUT2D eigenvalue weighted by atomic mass is 9.97. The fourth-order valence-electron chi connectivity index (χ4n) is 1.55. The molecule has 0 radical (unpaired) electrons. The van der Waals surface area contributed by atoms with E-state index in [9.17, 15) is 9.90 Å². The van der Waals surface area contributed by atoms with E-state index in [1.54, 1.807) is 0 Å². The minimum atomic E-state index is -1.32. The molecule has 0 spiro atoms. The molecule has 0 heterocycles. The van der Waals surface area contributed by atoms with Gasteiger partial charge in [-0.25, -0.2) is 0 Å². The number of amides is 1. The van der Waals surface area contributed by atoms with Gasteiger partial charge in [0.15, 0.2) is 0 Å². The van der Waals surface area contributed by atoms with E-state index >= 15 is 0 Å². The van der Waals surface area contributed by atoms with Crippen molar-refractivity contribution in [2.45, 2.75) is 70.8 Å². The smallest absolute Gasteiger partial charge is 0.249 e. The first-order valence-electron chi connectivity index (χ1n) is 6.03. The summed E-state index contributed by atoms with van der Waals surface area (Å²) in [6.45, 7) is 3.69. The Morgan fingerprint density at radius 1 is 1.13 bits per heavy atom. The van der Waals surface area contributed by atoms with Crippen LogP contribution in [0.25, 0.3) is 0 Å². The molecule has 0 bridgehead atoms. The highest BCUT2D eigenvalue weighted by atomic mass is 16.3. The minimum absolute atomic E-state index is 0.482. The van der Waals surface area contributed by atoms with Crippen molar-refractivity contribution in [2.75, 3.05) is 0 Å². The van der Waals surface area contributed by atoms with Crippen LogP contribution in [0.2, 0.25) is 0 Å². The third-order valence-electron chi connectivity index (χ3n) is 2.80. The first-order chi connectivity index (χ1) is 7.00. The van der Waals surface area contributed by atoms with Gasteiger partial charge in [-0.1, -0.05) is 51.9 Å². The van der Waals surface area contributed by atoms with Crippen molar-refractivity contribution in [1.82, 2.24) is 0 Å². The SMILES string of the molecule is CCCCCCCCC[C@](C)(O)C(N)=O. The van der Waals surface area contributed by atoms with E-state index < -0.39 is 11.5 Å². The maximum Gasteiger partial charge on any atom is 0.249 e. The number of nitrogens with two attached hydrogens (primary N) is 1. The molecule has 3 nitrogen and oxygen atoms in total. The Bertz CT molecular complexity index is 178. The lowest BCUT2D eigenvalue weighted by Gasteiger charge is -2.18. The third-order valence-corrected chi connectivity index (χ3v) is 2.80. The molecular formula is C12H25NO2. The summed E-state index contributed by atoms with van der Waals surface area (Å²) < 4.78 is 0. The van der Waals surface area contributed by atoms with Crippen LogP contribution in [0.15, 0.2) is 0 Å². The molecule has 0 saturated carbocycles. The Labute approximate surface area is 93.0 Å². The molecule has 0 aliphatic rings. The van der Waals surface area contributed by atoms with Crippen LogP contribution in [-0.2, 0) is 4.79 Å². The van der Waals surface area contributed by atoms with Crippen molar-refractivity contribution in [1.29, 1.82) is 0 Å². The zero-order valence-corrected chi connectivity index (χ0v) is 10.1. The predicted molar refractivity (Wildman–Crippen MR) is 62.4 cm³/mol.